The molecule has 0 aromatic carbocycles. The Morgan fingerprint density at radius 3 is 2.62 bits per heavy atom. The van der Waals surface area contributed by atoms with Crippen LogP contribution >= 0.6 is 11.3 Å². The number of nitrogen functional groups attached to an aromatic ring is 1. The van der Waals surface area contributed by atoms with Crippen molar-refractivity contribution in [2.24, 2.45) is 16.7 Å². The third kappa shape index (κ3) is 1.54. The van der Waals surface area contributed by atoms with Gasteiger partial charge in [-0.05, 0) is 0 Å². The third-order valence-corrected chi connectivity index (χ3v) is 2.45. The van der Waals surface area contributed by atoms with Gasteiger partial charge in [0.1, 0.15) is 0 Å². The molecule has 0 unspecified atom stereocenters. The molecule has 0 radical (unpaired) electrons. The summed E-state index contributed by atoms with van der Waals surface area (Å²) in [6.45, 7) is 0. The van der Waals surface area contributed by atoms with E-state index in [-0.39, 0.29) is 17.1 Å². The van der Waals surface area contributed by atoms with Gasteiger partial charge in [-0.2, -0.15) is 5.10 Å². The number of nitrogens with zero attached hydrogens (tertiary/aromatic N) is 1. The molecule has 0 aliphatic carbocycles. The fraction of sp³-hybridized carbons (Fsp3) is 0. The summed E-state index contributed by atoms with van der Waals surface area (Å²) < 4.78 is 0. The van der Waals surface area contributed by atoms with Crippen molar-refractivity contribution in [3.63, 3.8) is 0 Å². The number of hydrazone groups is 1. The first-order valence-electron chi connectivity index (χ1n) is 3.22. The minimum atomic E-state index is -1.09. The van der Waals surface area contributed by atoms with Crippen LogP contribution in [-0.4, -0.2) is 16.9 Å². The first-order valence-corrected chi connectivity index (χ1v) is 4.10. The van der Waals surface area contributed by atoms with Crippen molar-refractivity contribution in [3.05, 3.63) is 15.8 Å². The molecular weight excluding hydrogens is 192 g/mol. The maximum absolute atomic E-state index is 10.6. The zero-order valence-electron chi connectivity index (χ0n) is 6.52. The molecule has 0 spiro atoms. The quantitative estimate of drug-likeness (QED) is 0.224. The first kappa shape index (κ1) is 9.33. The number of hydrogen-bond acceptors (Lipinski definition) is 5. The first-order chi connectivity index (χ1) is 6.07. The van der Waals surface area contributed by atoms with Crippen LogP contribution in [0, 0.1) is 0 Å². The number of thiophene rings is 1. The molecular formula is C6H8N4O2S. The molecule has 0 fully saturated rings. The van der Waals surface area contributed by atoms with E-state index in [4.69, 9.17) is 22.4 Å². The highest BCUT2D eigenvalue weighted by molar-refractivity contribution is 7.13. The molecule has 0 saturated heterocycles. The van der Waals surface area contributed by atoms with Gasteiger partial charge in [-0.1, -0.05) is 0 Å². The lowest BCUT2D eigenvalue weighted by Gasteiger charge is -1.96. The zero-order valence-corrected chi connectivity index (χ0v) is 7.34. The summed E-state index contributed by atoms with van der Waals surface area (Å²) in [6.07, 6.45) is 0. The number of hydrogen-bond donors (Lipinski definition) is 4. The Labute approximate surface area is 77.6 Å². The number of carbonyl (C=O) groups is 1. The van der Waals surface area contributed by atoms with Crippen LogP contribution in [0.1, 0.15) is 15.2 Å². The molecule has 0 saturated carbocycles. The van der Waals surface area contributed by atoms with E-state index in [1.165, 1.54) is 5.38 Å². The number of amidine groups is 1. The summed E-state index contributed by atoms with van der Waals surface area (Å²) in [5.74, 6) is 3.87. The fourth-order valence-electron chi connectivity index (χ4n) is 0.790. The van der Waals surface area contributed by atoms with Gasteiger partial charge in [0.15, 0.2) is 5.84 Å². The summed E-state index contributed by atoms with van der Waals surface area (Å²) in [5, 5.41) is 13.3. The van der Waals surface area contributed by atoms with Crippen molar-refractivity contribution in [2.75, 3.05) is 5.73 Å². The lowest BCUT2D eigenvalue weighted by atomic mass is 10.2. The topological polar surface area (TPSA) is 128 Å². The summed E-state index contributed by atoms with van der Waals surface area (Å²) in [7, 11) is 0. The van der Waals surface area contributed by atoms with E-state index in [2.05, 4.69) is 5.10 Å². The zero-order chi connectivity index (χ0) is 10.0. The number of nitrogens with two attached hydrogens (primary N) is 3. The van der Waals surface area contributed by atoms with Crippen LogP contribution in [0.5, 0.6) is 0 Å². The highest BCUT2D eigenvalue weighted by Crippen LogP contribution is 2.24. The summed E-state index contributed by atoms with van der Waals surface area (Å²) in [4.78, 5) is 10.9. The van der Waals surface area contributed by atoms with Crippen molar-refractivity contribution in [1.82, 2.24) is 0 Å². The van der Waals surface area contributed by atoms with Crippen molar-refractivity contribution in [3.8, 4) is 0 Å². The normalized spacial score (nSPS) is 11.5. The number of rotatable bonds is 2. The van der Waals surface area contributed by atoms with Crippen LogP contribution < -0.4 is 17.3 Å². The van der Waals surface area contributed by atoms with E-state index in [9.17, 15) is 4.79 Å². The Bertz CT molecular complexity index is 371. The molecule has 0 aliphatic heterocycles. The van der Waals surface area contributed by atoms with Gasteiger partial charge in [-0.3, -0.25) is 0 Å². The minimum Gasteiger partial charge on any atom is -0.478 e. The SMILES string of the molecule is NN=C(N)c1scc(C(=O)O)c1N. The van der Waals surface area contributed by atoms with Crippen molar-refractivity contribution < 1.29 is 9.90 Å². The van der Waals surface area contributed by atoms with Gasteiger partial charge in [0.25, 0.3) is 0 Å². The molecule has 7 heteroatoms. The van der Waals surface area contributed by atoms with Gasteiger partial charge < -0.3 is 22.4 Å². The maximum atomic E-state index is 10.6. The Hall–Kier alpha value is -1.76. The van der Waals surface area contributed by atoms with Gasteiger partial charge in [-0.15, -0.1) is 11.3 Å². The Kier molecular flexibility index (Phi) is 2.38. The monoisotopic (exact) mass is 200 g/mol. The van der Waals surface area contributed by atoms with Crippen LogP contribution in [0.2, 0.25) is 0 Å². The Morgan fingerprint density at radius 2 is 2.23 bits per heavy atom. The predicted octanol–water partition coefficient (Wildman–Crippen LogP) is -0.393. The molecule has 0 atom stereocenters. The second-order valence-electron chi connectivity index (χ2n) is 2.21. The molecule has 7 N–H and O–H groups in total. The lowest BCUT2D eigenvalue weighted by molar-refractivity contribution is 0.0698. The van der Waals surface area contributed by atoms with Gasteiger partial charge in [0.05, 0.1) is 16.1 Å². The Balaban J connectivity index is 3.21. The van der Waals surface area contributed by atoms with Crippen LogP contribution in [0.4, 0.5) is 5.69 Å². The van der Waals surface area contributed by atoms with E-state index in [0.717, 1.165) is 11.3 Å². The maximum Gasteiger partial charge on any atom is 0.338 e. The lowest BCUT2D eigenvalue weighted by Crippen LogP contribution is -2.16. The molecule has 6 nitrogen and oxygen atoms in total. The number of carboxylic acid groups (broad SMARTS) is 1. The molecule has 13 heavy (non-hydrogen) atoms. The van der Waals surface area contributed by atoms with E-state index >= 15 is 0 Å². The van der Waals surface area contributed by atoms with Gasteiger partial charge in [0, 0.05) is 5.38 Å². The second kappa shape index (κ2) is 3.31. The van der Waals surface area contributed by atoms with Crippen LogP contribution in [-0.2, 0) is 0 Å². The molecule has 0 amide bonds. The van der Waals surface area contributed by atoms with Crippen molar-refractivity contribution in [2.45, 2.75) is 0 Å². The van der Waals surface area contributed by atoms with Crippen molar-refractivity contribution >= 4 is 28.8 Å². The van der Waals surface area contributed by atoms with Gasteiger partial charge in [0.2, 0.25) is 0 Å². The average molecular weight is 200 g/mol. The van der Waals surface area contributed by atoms with E-state index in [1.807, 2.05) is 0 Å². The molecule has 1 heterocycles. The average Bonchev–Trinajstić information content (AvgIpc) is 2.46. The second-order valence-corrected chi connectivity index (χ2v) is 3.09. The molecule has 0 bridgehead atoms. The standard InChI is InChI=1S/C6H8N4O2S/c7-3-2(6(11)12)1-13-4(3)5(8)10-9/h1H,7,9H2,(H2,8,10)(H,11,12). The van der Waals surface area contributed by atoms with Gasteiger partial charge >= 0.3 is 5.97 Å². The summed E-state index contributed by atoms with van der Waals surface area (Å²) >= 11 is 1.10. The van der Waals surface area contributed by atoms with Gasteiger partial charge in [-0.25, -0.2) is 4.79 Å². The predicted molar refractivity (Wildman–Crippen MR) is 50.6 cm³/mol. The van der Waals surface area contributed by atoms with Crippen LogP contribution in [0.25, 0.3) is 0 Å². The molecule has 1 aromatic rings. The molecule has 0 aliphatic rings. The largest absolute Gasteiger partial charge is 0.478 e. The highest BCUT2D eigenvalue weighted by atomic mass is 32.1. The smallest absolute Gasteiger partial charge is 0.338 e. The molecule has 1 rings (SSSR count). The third-order valence-electron chi connectivity index (χ3n) is 1.43. The molecule has 1 aromatic heterocycles. The fourth-order valence-corrected chi connectivity index (χ4v) is 1.66. The van der Waals surface area contributed by atoms with Crippen LogP contribution in [0.15, 0.2) is 10.5 Å². The number of carboxylic acids is 1. The molecule has 70 valence electrons. The van der Waals surface area contributed by atoms with E-state index < -0.39 is 5.97 Å². The van der Waals surface area contributed by atoms with Crippen LogP contribution in [0.3, 0.4) is 0 Å². The number of anilines is 1. The van der Waals surface area contributed by atoms with E-state index in [0.29, 0.717) is 4.88 Å². The van der Waals surface area contributed by atoms with Crippen molar-refractivity contribution in [1.29, 1.82) is 0 Å². The minimum absolute atomic E-state index is 0.0200. The van der Waals surface area contributed by atoms with E-state index in [1.54, 1.807) is 0 Å². The Morgan fingerprint density at radius 1 is 1.62 bits per heavy atom. The summed E-state index contributed by atoms with van der Waals surface area (Å²) in [6, 6.07) is 0. The highest BCUT2D eigenvalue weighted by Gasteiger charge is 2.16. The summed E-state index contributed by atoms with van der Waals surface area (Å²) in [5.41, 5.74) is 11.0. The number of aromatic carboxylic acids is 1.